The number of hydrogen-bond donors (Lipinski definition) is 2. The van der Waals surface area contributed by atoms with E-state index in [9.17, 15) is 18.0 Å². The van der Waals surface area contributed by atoms with Gasteiger partial charge in [0.05, 0.1) is 13.1 Å². The largest absolute Gasteiger partial charge is 0.401 e. The van der Waals surface area contributed by atoms with Crippen LogP contribution in [0.4, 0.5) is 18.9 Å². The Morgan fingerprint density at radius 2 is 1.94 bits per heavy atom. The second kappa shape index (κ2) is 5.45. The van der Waals surface area contributed by atoms with E-state index in [2.05, 4.69) is 10.3 Å². The number of hydrogen-bond acceptors (Lipinski definition) is 3. The lowest BCUT2D eigenvalue weighted by Crippen LogP contribution is -2.35. The van der Waals surface area contributed by atoms with Gasteiger partial charge in [0.1, 0.15) is 0 Å². The highest BCUT2D eigenvalue weighted by molar-refractivity contribution is 5.92. The molecule has 1 aromatic heterocycles. The molecule has 0 atom stereocenters. The van der Waals surface area contributed by atoms with Crippen LogP contribution in [0.1, 0.15) is 0 Å². The summed E-state index contributed by atoms with van der Waals surface area (Å²) in [5.41, 5.74) is 0.494. The summed E-state index contributed by atoms with van der Waals surface area (Å²) in [4.78, 5) is 14.9. The summed E-state index contributed by atoms with van der Waals surface area (Å²) in [5, 5.41) is 4.41. The molecule has 0 saturated heterocycles. The van der Waals surface area contributed by atoms with Crippen LogP contribution in [0.15, 0.2) is 24.5 Å². The van der Waals surface area contributed by atoms with Crippen LogP contribution < -0.4 is 10.6 Å². The normalized spacial score (nSPS) is 11.2. The molecule has 7 heteroatoms. The van der Waals surface area contributed by atoms with Gasteiger partial charge in [0.15, 0.2) is 0 Å². The summed E-state index contributed by atoms with van der Waals surface area (Å²) < 4.78 is 35.2. The number of amides is 1. The number of rotatable bonds is 4. The van der Waals surface area contributed by atoms with Crippen molar-refractivity contribution in [1.29, 1.82) is 0 Å². The average molecular weight is 233 g/mol. The molecule has 4 nitrogen and oxygen atoms in total. The molecule has 2 N–H and O–H groups in total. The third-order valence-electron chi connectivity index (χ3n) is 1.58. The fraction of sp³-hybridized carbons (Fsp3) is 0.333. The minimum atomic E-state index is -4.31. The van der Waals surface area contributed by atoms with Crippen molar-refractivity contribution in [2.45, 2.75) is 6.18 Å². The van der Waals surface area contributed by atoms with Gasteiger partial charge in [-0.2, -0.15) is 13.2 Å². The lowest BCUT2D eigenvalue weighted by atomic mass is 10.4. The molecule has 88 valence electrons. The molecular formula is C9H10F3N3O. The van der Waals surface area contributed by atoms with Gasteiger partial charge >= 0.3 is 6.18 Å². The lowest BCUT2D eigenvalue weighted by Gasteiger charge is -2.08. The zero-order valence-electron chi connectivity index (χ0n) is 8.21. The van der Waals surface area contributed by atoms with E-state index >= 15 is 0 Å². The minimum absolute atomic E-state index is 0.387. The zero-order chi connectivity index (χ0) is 12.0. The molecule has 0 fully saturated rings. The van der Waals surface area contributed by atoms with Crippen LogP contribution in [-0.2, 0) is 4.79 Å². The van der Waals surface area contributed by atoms with Gasteiger partial charge < -0.3 is 10.6 Å². The van der Waals surface area contributed by atoms with Crippen molar-refractivity contribution in [3.8, 4) is 0 Å². The van der Waals surface area contributed by atoms with E-state index in [1.807, 2.05) is 5.32 Å². The highest BCUT2D eigenvalue weighted by Gasteiger charge is 2.26. The summed E-state index contributed by atoms with van der Waals surface area (Å²) in [6, 6.07) is 3.09. The highest BCUT2D eigenvalue weighted by atomic mass is 19.4. The fourth-order valence-corrected chi connectivity index (χ4v) is 0.958. The maximum atomic E-state index is 11.7. The van der Waals surface area contributed by atoms with E-state index in [-0.39, 0.29) is 6.54 Å². The fourth-order valence-electron chi connectivity index (χ4n) is 0.958. The number of nitrogens with zero attached hydrogens (tertiary/aromatic N) is 1. The van der Waals surface area contributed by atoms with Gasteiger partial charge in [-0.15, -0.1) is 0 Å². The quantitative estimate of drug-likeness (QED) is 0.820. The second-order valence-corrected chi connectivity index (χ2v) is 3.00. The summed E-state index contributed by atoms with van der Waals surface area (Å²) in [6.45, 7) is -1.57. The van der Waals surface area contributed by atoms with Crippen molar-refractivity contribution in [1.82, 2.24) is 10.3 Å². The van der Waals surface area contributed by atoms with Crippen molar-refractivity contribution in [3.63, 3.8) is 0 Å². The van der Waals surface area contributed by atoms with E-state index in [1.165, 1.54) is 12.4 Å². The number of halogens is 3. The van der Waals surface area contributed by atoms with Crippen LogP contribution in [0.5, 0.6) is 0 Å². The first-order valence-corrected chi connectivity index (χ1v) is 4.45. The van der Waals surface area contributed by atoms with Gasteiger partial charge in [-0.3, -0.25) is 9.78 Å². The number of carbonyl (C=O) groups is 1. The zero-order valence-corrected chi connectivity index (χ0v) is 8.21. The third-order valence-corrected chi connectivity index (χ3v) is 1.58. The average Bonchev–Trinajstić information content (AvgIpc) is 2.17. The van der Waals surface area contributed by atoms with Gasteiger partial charge in [-0.05, 0) is 12.1 Å². The Morgan fingerprint density at radius 3 is 2.50 bits per heavy atom. The van der Waals surface area contributed by atoms with Crippen LogP contribution in [0.25, 0.3) is 0 Å². The van der Waals surface area contributed by atoms with Crippen LogP contribution in [0.2, 0.25) is 0 Å². The Kier molecular flexibility index (Phi) is 4.24. The van der Waals surface area contributed by atoms with Gasteiger partial charge in [0, 0.05) is 18.1 Å². The van der Waals surface area contributed by atoms with E-state index in [0.29, 0.717) is 5.69 Å². The van der Waals surface area contributed by atoms with Gasteiger partial charge in [0.2, 0.25) is 5.91 Å². The van der Waals surface area contributed by atoms with Gasteiger partial charge in [-0.1, -0.05) is 0 Å². The Bertz CT molecular complexity index is 340. The number of alkyl halides is 3. The smallest absolute Gasteiger partial charge is 0.325 e. The predicted octanol–water partition coefficient (Wildman–Crippen LogP) is 1.17. The van der Waals surface area contributed by atoms with Crippen molar-refractivity contribution in [3.05, 3.63) is 24.5 Å². The molecule has 16 heavy (non-hydrogen) atoms. The van der Waals surface area contributed by atoms with Gasteiger partial charge in [-0.25, -0.2) is 0 Å². The monoisotopic (exact) mass is 233 g/mol. The number of pyridine rings is 1. The topological polar surface area (TPSA) is 54.0 Å². The molecule has 1 heterocycles. The summed E-state index contributed by atoms with van der Waals surface area (Å²) in [5.74, 6) is -0.532. The highest BCUT2D eigenvalue weighted by Crippen LogP contribution is 2.11. The first-order valence-electron chi connectivity index (χ1n) is 4.45. The SMILES string of the molecule is O=C(CNCC(F)(F)F)Nc1ccncc1. The molecular weight excluding hydrogens is 223 g/mol. The molecule has 0 aliphatic carbocycles. The number of nitrogens with one attached hydrogen (secondary N) is 2. The summed E-state index contributed by atoms with van der Waals surface area (Å²) >= 11 is 0. The summed E-state index contributed by atoms with van der Waals surface area (Å²) in [6.07, 6.45) is -1.37. The molecule has 1 amide bonds. The van der Waals surface area contributed by atoms with E-state index in [0.717, 1.165) is 0 Å². The van der Waals surface area contributed by atoms with Crippen molar-refractivity contribution in [2.24, 2.45) is 0 Å². The predicted molar refractivity (Wildman–Crippen MR) is 51.8 cm³/mol. The first kappa shape index (κ1) is 12.4. The maximum absolute atomic E-state index is 11.7. The third kappa shape index (κ3) is 5.30. The number of carbonyl (C=O) groups excluding carboxylic acids is 1. The molecule has 0 aliphatic rings. The molecule has 0 bridgehead atoms. The maximum Gasteiger partial charge on any atom is 0.401 e. The van der Waals surface area contributed by atoms with Gasteiger partial charge in [0.25, 0.3) is 0 Å². The molecule has 0 aliphatic heterocycles. The van der Waals surface area contributed by atoms with E-state index < -0.39 is 18.6 Å². The van der Waals surface area contributed by atoms with E-state index in [1.54, 1.807) is 12.1 Å². The van der Waals surface area contributed by atoms with Crippen molar-refractivity contribution >= 4 is 11.6 Å². The lowest BCUT2D eigenvalue weighted by molar-refractivity contribution is -0.126. The molecule has 0 unspecified atom stereocenters. The van der Waals surface area contributed by atoms with Crippen LogP contribution in [0, 0.1) is 0 Å². The molecule has 1 aromatic rings. The second-order valence-electron chi connectivity index (χ2n) is 3.00. The number of anilines is 1. The van der Waals surface area contributed by atoms with E-state index in [4.69, 9.17) is 0 Å². The molecule has 0 saturated carbocycles. The summed E-state index contributed by atoms with van der Waals surface area (Å²) in [7, 11) is 0. The molecule has 0 radical (unpaired) electrons. The van der Waals surface area contributed by atoms with Crippen molar-refractivity contribution in [2.75, 3.05) is 18.4 Å². The molecule has 1 rings (SSSR count). The number of aromatic nitrogens is 1. The Morgan fingerprint density at radius 1 is 1.31 bits per heavy atom. The standard InChI is InChI=1S/C9H10F3N3O/c10-9(11,12)6-14-5-8(16)15-7-1-3-13-4-2-7/h1-4,14H,5-6H2,(H,13,15,16). The minimum Gasteiger partial charge on any atom is -0.325 e. The van der Waals surface area contributed by atoms with Crippen LogP contribution in [0.3, 0.4) is 0 Å². The van der Waals surface area contributed by atoms with Crippen molar-refractivity contribution < 1.29 is 18.0 Å². The Labute approximate surface area is 89.9 Å². The Hall–Kier alpha value is -1.63. The Balaban J connectivity index is 2.27. The van der Waals surface area contributed by atoms with Crippen LogP contribution >= 0.6 is 0 Å². The molecule has 0 spiro atoms. The first-order chi connectivity index (χ1) is 7.47. The van der Waals surface area contributed by atoms with Crippen LogP contribution in [-0.4, -0.2) is 30.2 Å². The molecule has 0 aromatic carbocycles.